The number of hydrogen-bond donors (Lipinski definition) is 1. The smallest absolute Gasteiger partial charge is 0.103 e. The molecule has 1 aliphatic heterocycles. The lowest BCUT2D eigenvalue weighted by Crippen LogP contribution is -2.40. The fourth-order valence-corrected chi connectivity index (χ4v) is 3.48. The van der Waals surface area contributed by atoms with Gasteiger partial charge in [-0.05, 0) is 56.8 Å². The Morgan fingerprint density at radius 3 is 2.47 bits per heavy atom. The first-order valence-corrected chi connectivity index (χ1v) is 7.00. The summed E-state index contributed by atoms with van der Waals surface area (Å²) in [7, 11) is 0. The van der Waals surface area contributed by atoms with E-state index in [4.69, 9.17) is 5.41 Å². The Morgan fingerprint density at radius 1 is 1.29 bits per heavy atom. The van der Waals surface area contributed by atoms with Crippen molar-refractivity contribution in [2.24, 2.45) is 5.92 Å². The van der Waals surface area contributed by atoms with Crippen LogP contribution in [0.5, 0.6) is 0 Å². The number of rotatable bonds is 1. The highest BCUT2D eigenvalue weighted by atomic mass is 79.9. The number of nitrogens with zero attached hydrogens (tertiary/aromatic N) is 2. The van der Waals surface area contributed by atoms with Gasteiger partial charge in [0.25, 0.3) is 0 Å². The van der Waals surface area contributed by atoms with Gasteiger partial charge in [-0.15, -0.1) is 0 Å². The quantitative estimate of drug-likeness (QED) is 0.810. The summed E-state index contributed by atoms with van der Waals surface area (Å²) >= 11 is 7.12. The molecule has 1 heterocycles. The predicted octanol–water partition coefficient (Wildman–Crippen LogP) is 3.94. The monoisotopic (exact) mass is 358 g/mol. The van der Waals surface area contributed by atoms with Gasteiger partial charge in [0.15, 0.2) is 0 Å². The zero-order valence-electron chi connectivity index (χ0n) is 9.58. The second-order valence-electron chi connectivity index (χ2n) is 4.15. The first-order valence-electron chi connectivity index (χ1n) is 5.41. The molecule has 0 aliphatic carbocycles. The number of hydrogen-bond acceptors (Lipinski definition) is 1. The molecule has 1 aromatic rings. The summed E-state index contributed by atoms with van der Waals surface area (Å²) in [5.41, 5.74) is 1.08. The van der Waals surface area contributed by atoms with Gasteiger partial charge in [0.05, 0.1) is 5.69 Å². The summed E-state index contributed by atoms with van der Waals surface area (Å²) in [5, 5.41) is 8.17. The lowest BCUT2D eigenvalue weighted by Gasteiger charge is -2.34. The molecule has 2 rings (SSSR count). The largest absolute Gasteiger partial charge is 0.328 e. The van der Waals surface area contributed by atoms with E-state index in [0.717, 1.165) is 39.9 Å². The van der Waals surface area contributed by atoms with Gasteiger partial charge in [0.1, 0.15) is 5.84 Å². The third kappa shape index (κ3) is 2.89. The van der Waals surface area contributed by atoms with Gasteiger partial charge in [-0.25, -0.2) is 0 Å². The molecule has 0 amide bonds. The van der Waals surface area contributed by atoms with Crippen LogP contribution < -0.4 is 11.1 Å². The Kier molecular flexibility index (Phi) is 5.16. The van der Waals surface area contributed by atoms with Crippen molar-refractivity contribution in [3.05, 3.63) is 27.1 Å². The van der Waals surface area contributed by atoms with E-state index in [0.29, 0.717) is 5.92 Å². The van der Waals surface area contributed by atoms with Crippen LogP contribution in [0.2, 0.25) is 0 Å². The Balaban J connectivity index is 0.00000144. The number of para-hydroxylation sites is 1. The van der Waals surface area contributed by atoms with E-state index in [1.54, 1.807) is 0 Å². The Bertz CT molecular complexity index is 400. The van der Waals surface area contributed by atoms with E-state index in [-0.39, 0.29) is 6.15 Å². The average Bonchev–Trinajstić information content (AvgIpc) is 2.24. The SMILES string of the molecule is CC1CCCN(c2c(Br)cccc2Br)C1=N.[N]. The molecule has 1 aliphatic rings. The maximum Gasteiger partial charge on any atom is 0.103 e. The molecule has 3 radical (unpaired) electrons. The molecule has 1 aromatic carbocycles. The van der Waals surface area contributed by atoms with Crippen LogP contribution in [0.1, 0.15) is 19.8 Å². The number of benzene rings is 1. The molecule has 0 saturated carbocycles. The van der Waals surface area contributed by atoms with Crippen molar-refractivity contribution in [3.63, 3.8) is 0 Å². The molecular formula is C12H14Br2N3. The molecule has 1 atom stereocenters. The summed E-state index contributed by atoms with van der Waals surface area (Å²) in [6, 6.07) is 6.04. The minimum absolute atomic E-state index is 0. The van der Waals surface area contributed by atoms with Gasteiger partial charge in [0, 0.05) is 27.6 Å². The molecule has 91 valence electrons. The minimum atomic E-state index is 0. The van der Waals surface area contributed by atoms with Crippen LogP contribution in [0.4, 0.5) is 5.69 Å². The first kappa shape index (κ1) is 14.7. The molecule has 1 saturated heterocycles. The highest BCUT2D eigenvalue weighted by Crippen LogP contribution is 2.36. The summed E-state index contributed by atoms with van der Waals surface area (Å²) in [5.74, 6) is 1.08. The van der Waals surface area contributed by atoms with Crippen molar-refractivity contribution >= 4 is 43.4 Å². The van der Waals surface area contributed by atoms with E-state index in [1.807, 2.05) is 18.2 Å². The van der Waals surface area contributed by atoms with Gasteiger partial charge in [-0.2, -0.15) is 0 Å². The van der Waals surface area contributed by atoms with E-state index in [1.165, 1.54) is 0 Å². The first-order chi connectivity index (χ1) is 7.61. The summed E-state index contributed by atoms with van der Waals surface area (Å²) in [6.45, 7) is 3.06. The Hall–Kier alpha value is -0.390. The minimum Gasteiger partial charge on any atom is -0.328 e. The van der Waals surface area contributed by atoms with Crippen LogP contribution in [0.3, 0.4) is 0 Å². The van der Waals surface area contributed by atoms with Crippen LogP contribution in [0, 0.1) is 11.3 Å². The third-order valence-corrected chi connectivity index (χ3v) is 4.26. The number of anilines is 1. The standard InChI is InChI=1S/C12H14Br2N2.N/c1-8-4-3-7-16(12(8)15)11-9(13)5-2-6-10(11)14;/h2,5-6,8,15H,3-4,7H2,1H3;. The Morgan fingerprint density at radius 2 is 1.88 bits per heavy atom. The molecule has 17 heavy (non-hydrogen) atoms. The molecule has 1 fully saturated rings. The maximum atomic E-state index is 8.17. The summed E-state index contributed by atoms with van der Waals surface area (Å²) < 4.78 is 2.08. The molecule has 1 N–H and O–H groups in total. The van der Waals surface area contributed by atoms with Crippen molar-refractivity contribution in [2.45, 2.75) is 19.8 Å². The zero-order valence-corrected chi connectivity index (χ0v) is 12.8. The zero-order chi connectivity index (χ0) is 11.7. The highest BCUT2D eigenvalue weighted by Gasteiger charge is 2.25. The van der Waals surface area contributed by atoms with Crippen LogP contribution >= 0.6 is 31.9 Å². The van der Waals surface area contributed by atoms with Crippen LogP contribution in [0.15, 0.2) is 27.1 Å². The predicted molar refractivity (Wildman–Crippen MR) is 77.4 cm³/mol. The molecule has 0 spiro atoms. The normalized spacial score (nSPS) is 20.1. The molecule has 1 unspecified atom stereocenters. The number of halogens is 2. The van der Waals surface area contributed by atoms with Crippen LogP contribution in [-0.4, -0.2) is 12.4 Å². The second kappa shape index (κ2) is 5.98. The number of nitrogens with one attached hydrogen (secondary N) is 1. The van der Waals surface area contributed by atoms with Gasteiger partial charge >= 0.3 is 0 Å². The molecule has 3 nitrogen and oxygen atoms in total. The lowest BCUT2D eigenvalue weighted by molar-refractivity contribution is 0.584. The second-order valence-corrected chi connectivity index (χ2v) is 5.86. The van der Waals surface area contributed by atoms with Crippen molar-refractivity contribution in [3.8, 4) is 0 Å². The number of piperidine rings is 1. The van der Waals surface area contributed by atoms with Crippen molar-refractivity contribution < 1.29 is 0 Å². The fraction of sp³-hybridized carbons (Fsp3) is 0.417. The van der Waals surface area contributed by atoms with E-state index < -0.39 is 0 Å². The molecule has 5 heteroatoms. The van der Waals surface area contributed by atoms with E-state index >= 15 is 0 Å². The van der Waals surface area contributed by atoms with Crippen molar-refractivity contribution in [1.29, 1.82) is 5.41 Å². The van der Waals surface area contributed by atoms with E-state index in [9.17, 15) is 0 Å². The Labute approximate surface area is 119 Å². The van der Waals surface area contributed by atoms with Crippen LogP contribution in [-0.2, 0) is 0 Å². The topological polar surface area (TPSA) is 57.6 Å². The molecular weight excluding hydrogens is 346 g/mol. The maximum absolute atomic E-state index is 8.17. The van der Waals surface area contributed by atoms with Crippen LogP contribution in [0.25, 0.3) is 0 Å². The van der Waals surface area contributed by atoms with Crippen molar-refractivity contribution in [1.82, 2.24) is 6.15 Å². The van der Waals surface area contributed by atoms with Gasteiger partial charge in [0.2, 0.25) is 0 Å². The number of amidine groups is 1. The molecule has 0 aromatic heterocycles. The average molecular weight is 360 g/mol. The van der Waals surface area contributed by atoms with Gasteiger partial charge < -0.3 is 4.90 Å². The van der Waals surface area contributed by atoms with E-state index in [2.05, 4.69) is 43.7 Å². The van der Waals surface area contributed by atoms with Gasteiger partial charge in [-0.3, -0.25) is 5.41 Å². The van der Waals surface area contributed by atoms with Crippen molar-refractivity contribution in [2.75, 3.05) is 11.4 Å². The summed E-state index contributed by atoms with van der Waals surface area (Å²) in [4.78, 5) is 2.10. The van der Waals surface area contributed by atoms with Gasteiger partial charge in [-0.1, -0.05) is 13.0 Å². The molecule has 0 bridgehead atoms. The third-order valence-electron chi connectivity index (χ3n) is 2.98. The summed E-state index contributed by atoms with van der Waals surface area (Å²) in [6.07, 6.45) is 2.27. The lowest BCUT2D eigenvalue weighted by atomic mass is 9.98. The highest BCUT2D eigenvalue weighted by molar-refractivity contribution is 9.11. The fourth-order valence-electron chi connectivity index (χ4n) is 2.06.